The first-order valence-corrected chi connectivity index (χ1v) is 8.97. The molecule has 1 amide bonds. The van der Waals surface area contributed by atoms with Crippen LogP contribution in [0.1, 0.15) is 10.4 Å². The van der Waals surface area contributed by atoms with Crippen LogP contribution < -0.4 is 10.9 Å². The van der Waals surface area contributed by atoms with Gasteiger partial charge in [0.05, 0.1) is 23.8 Å². The number of pyridine rings is 1. The van der Waals surface area contributed by atoms with Gasteiger partial charge in [0, 0.05) is 16.7 Å². The summed E-state index contributed by atoms with van der Waals surface area (Å²) < 4.78 is 53.0. The minimum Gasteiger partial charge on any atom is -0.382 e. The number of benzene rings is 1. The van der Waals surface area contributed by atoms with Gasteiger partial charge in [0.15, 0.2) is 6.10 Å². The van der Waals surface area contributed by atoms with E-state index < -0.39 is 41.7 Å². The Labute approximate surface area is 176 Å². The molecule has 0 saturated carbocycles. The van der Waals surface area contributed by atoms with Crippen molar-refractivity contribution in [1.29, 1.82) is 0 Å². The van der Waals surface area contributed by atoms with E-state index in [9.17, 15) is 27.2 Å². The molecule has 12 heteroatoms. The van der Waals surface area contributed by atoms with Crippen LogP contribution in [0.15, 0.2) is 53.6 Å². The molecule has 1 aromatic carbocycles. The number of halogens is 5. The molecule has 0 spiro atoms. The zero-order valence-corrected chi connectivity index (χ0v) is 16.1. The lowest BCUT2D eigenvalue weighted by Crippen LogP contribution is -2.45. The van der Waals surface area contributed by atoms with Crippen LogP contribution in [-0.2, 0) is 0 Å². The van der Waals surface area contributed by atoms with Crippen LogP contribution in [0.3, 0.4) is 0 Å². The van der Waals surface area contributed by atoms with Gasteiger partial charge >= 0.3 is 0 Å². The zero-order valence-electron chi connectivity index (χ0n) is 15.3. The molecule has 0 bridgehead atoms. The predicted octanol–water partition coefficient (Wildman–Crippen LogP) is 2.74. The van der Waals surface area contributed by atoms with Crippen molar-refractivity contribution in [3.05, 3.63) is 75.5 Å². The largest absolute Gasteiger partial charge is 0.382 e. The highest BCUT2D eigenvalue weighted by atomic mass is 35.5. The van der Waals surface area contributed by atoms with E-state index >= 15 is 0 Å². The summed E-state index contributed by atoms with van der Waals surface area (Å²) in [5, 5.41) is 15.1. The van der Waals surface area contributed by atoms with Gasteiger partial charge < -0.3 is 10.4 Å². The molecule has 2 atom stereocenters. The SMILES string of the molecule is O=C(NC(F)[C@H](O)C(F)F)c1cc(-c2ccc(Cl)cc2)nn(-c2cncc(F)c2)c1=O. The molecule has 3 aromatic rings. The second-order valence-electron chi connectivity index (χ2n) is 6.23. The molecule has 2 aromatic heterocycles. The summed E-state index contributed by atoms with van der Waals surface area (Å²) in [4.78, 5) is 28.8. The third-order valence-corrected chi connectivity index (χ3v) is 4.31. The van der Waals surface area contributed by atoms with Crippen molar-refractivity contribution in [2.75, 3.05) is 0 Å². The highest BCUT2D eigenvalue weighted by Crippen LogP contribution is 2.20. The van der Waals surface area contributed by atoms with Crippen LogP contribution in [0.5, 0.6) is 0 Å². The van der Waals surface area contributed by atoms with Crippen molar-refractivity contribution in [1.82, 2.24) is 20.1 Å². The molecule has 2 heterocycles. The van der Waals surface area contributed by atoms with Gasteiger partial charge in [0.1, 0.15) is 11.4 Å². The molecular formula is C19H13ClF4N4O3. The van der Waals surface area contributed by atoms with Crippen LogP contribution in [-0.4, -0.2) is 44.6 Å². The Hall–Kier alpha value is -3.31. The summed E-state index contributed by atoms with van der Waals surface area (Å²) in [6, 6.07) is 7.98. The van der Waals surface area contributed by atoms with Gasteiger partial charge in [-0.15, -0.1) is 0 Å². The second-order valence-corrected chi connectivity index (χ2v) is 6.67. The molecular weight excluding hydrogens is 444 g/mol. The Morgan fingerprint density at radius 1 is 1.13 bits per heavy atom. The number of aromatic nitrogens is 3. The fraction of sp³-hybridized carbons (Fsp3) is 0.158. The van der Waals surface area contributed by atoms with Gasteiger partial charge in [-0.2, -0.15) is 9.78 Å². The van der Waals surface area contributed by atoms with Crippen molar-refractivity contribution in [2.45, 2.75) is 18.8 Å². The van der Waals surface area contributed by atoms with Gasteiger partial charge in [-0.25, -0.2) is 17.6 Å². The Morgan fingerprint density at radius 3 is 2.42 bits per heavy atom. The van der Waals surface area contributed by atoms with E-state index in [1.165, 1.54) is 29.6 Å². The third kappa shape index (κ3) is 5.06. The normalized spacial score (nSPS) is 13.1. The van der Waals surface area contributed by atoms with Crippen molar-refractivity contribution in [2.24, 2.45) is 0 Å². The zero-order chi connectivity index (χ0) is 22.7. The first-order chi connectivity index (χ1) is 14.7. The average molecular weight is 457 g/mol. The summed E-state index contributed by atoms with van der Waals surface area (Å²) in [5.41, 5.74) is -1.49. The molecule has 0 aliphatic rings. The van der Waals surface area contributed by atoms with E-state index in [1.807, 2.05) is 0 Å². The van der Waals surface area contributed by atoms with Crippen LogP contribution >= 0.6 is 11.6 Å². The quantitative estimate of drug-likeness (QED) is 0.439. The standard InChI is InChI=1S/C19H13ClF4N4O3/c20-10-3-1-9(2-4-10)14-6-13(18(30)26-17(24)15(29)16(22)23)19(31)28(27-14)12-5-11(21)7-25-8-12/h1-8,15-17,29H,(H,26,30)/t15-,17?/m1/s1. The number of aliphatic hydroxyl groups excluding tert-OH is 1. The Balaban J connectivity index is 2.12. The van der Waals surface area contributed by atoms with Crippen LogP contribution in [0.2, 0.25) is 5.02 Å². The van der Waals surface area contributed by atoms with Gasteiger partial charge in [0.2, 0.25) is 6.30 Å². The predicted molar refractivity (Wildman–Crippen MR) is 102 cm³/mol. The van der Waals surface area contributed by atoms with Crippen molar-refractivity contribution in [3.63, 3.8) is 0 Å². The fourth-order valence-electron chi connectivity index (χ4n) is 2.53. The summed E-state index contributed by atoms with van der Waals surface area (Å²) in [6.07, 6.45) is -7.12. The molecule has 0 fully saturated rings. The highest BCUT2D eigenvalue weighted by Gasteiger charge is 2.30. The first-order valence-electron chi connectivity index (χ1n) is 8.60. The van der Waals surface area contributed by atoms with Crippen LogP contribution in [0.25, 0.3) is 16.9 Å². The van der Waals surface area contributed by atoms with Gasteiger partial charge in [-0.1, -0.05) is 23.7 Å². The summed E-state index contributed by atoms with van der Waals surface area (Å²) in [6.45, 7) is 0. The average Bonchev–Trinajstić information content (AvgIpc) is 2.73. The molecule has 3 rings (SSSR count). The molecule has 162 valence electrons. The van der Waals surface area contributed by atoms with Crippen molar-refractivity contribution >= 4 is 17.5 Å². The molecule has 0 aliphatic heterocycles. The Morgan fingerprint density at radius 2 is 1.81 bits per heavy atom. The number of amides is 1. The summed E-state index contributed by atoms with van der Waals surface area (Å²) in [7, 11) is 0. The second kappa shape index (κ2) is 9.23. The van der Waals surface area contributed by atoms with Crippen molar-refractivity contribution in [3.8, 4) is 16.9 Å². The monoisotopic (exact) mass is 456 g/mol. The molecule has 7 nitrogen and oxygen atoms in total. The number of nitrogens with zero attached hydrogens (tertiary/aromatic N) is 3. The van der Waals surface area contributed by atoms with Crippen LogP contribution in [0, 0.1) is 5.82 Å². The van der Waals surface area contributed by atoms with Gasteiger partial charge in [-0.05, 0) is 18.2 Å². The Bertz CT molecular complexity index is 1160. The highest BCUT2D eigenvalue weighted by molar-refractivity contribution is 6.30. The number of rotatable bonds is 6. The lowest BCUT2D eigenvalue weighted by atomic mass is 10.1. The minimum atomic E-state index is -3.47. The van der Waals surface area contributed by atoms with Gasteiger partial charge in [-0.3, -0.25) is 14.6 Å². The molecule has 0 saturated heterocycles. The topological polar surface area (TPSA) is 97.1 Å². The number of carbonyl (C=O) groups is 1. The maximum absolute atomic E-state index is 13.8. The number of nitrogens with one attached hydrogen (secondary N) is 1. The molecule has 1 unspecified atom stereocenters. The summed E-state index contributed by atoms with van der Waals surface area (Å²) in [5.74, 6) is -2.18. The van der Waals surface area contributed by atoms with Crippen molar-refractivity contribution < 1.29 is 27.5 Å². The number of hydrogen-bond donors (Lipinski definition) is 2. The smallest absolute Gasteiger partial charge is 0.284 e. The number of hydrogen-bond acceptors (Lipinski definition) is 5. The molecule has 2 N–H and O–H groups in total. The molecule has 0 radical (unpaired) electrons. The summed E-state index contributed by atoms with van der Waals surface area (Å²) >= 11 is 5.85. The molecule has 31 heavy (non-hydrogen) atoms. The Kier molecular flexibility index (Phi) is 6.66. The van der Waals surface area contributed by atoms with E-state index in [-0.39, 0.29) is 11.4 Å². The molecule has 0 aliphatic carbocycles. The number of carbonyl (C=O) groups excluding carboxylic acids is 1. The van der Waals surface area contributed by atoms with E-state index in [0.717, 1.165) is 24.5 Å². The van der Waals surface area contributed by atoms with E-state index in [2.05, 4.69) is 10.1 Å². The fourth-order valence-corrected chi connectivity index (χ4v) is 2.65. The maximum atomic E-state index is 13.8. The number of aliphatic hydroxyl groups is 1. The first kappa shape index (κ1) is 22.4. The van der Waals surface area contributed by atoms with E-state index in [0.29, 0.717) is 15.3 Å². The minimum absolute atomic E-state index is 0.0375. The third-order valence-electron chi connectivity index (χ3n) is 4.06. The number of alkyl halides is 3. The lowest BCUT2D eigenvalue weighted by Gasteiger charge is -2.16. The lowest BCUT2D eigenvalue weighted by molar-refractivity contribution is -0.0551. The van der Waals surface area contributed by atoms with E-state index in [1.54, 1.807) is 0 Å². The van der Waals surface area contributed by atoms with E-state index in [4.69, 9.17) is 16.7 Å². The maximum Gasteiger partial charge on any atom is 0.284 e. The van der Waals surface area contributed by atoms with Crippen LogP contribution in [0.4, 0.5) is 17.6 Å². The van der Waals surface area contributed by atoms with Gasteiger partial charge in [0.25, 0.3) is 17.9 Å².